The standard InChI is InChI=1S/C20H19Cl2NO3/c1-12-9-13(2)20(14(3)10-12)23-18(24)11-26-19(25)8-7-15-16(21)5-4-6-17(15)22/h4-10H,11H2,1-3H3,(H,23,24)/b8-7+. The van der Waals surface area contributed by atoms with Crippen LogP contribution >= 0.6 is 23.2 Å². The van der Waals surface area contributed by atoms with Gasteiger partial charge in [0.25, 0.3) is 5.91 Å². The second kappa shape index (κ2) is 8.88. The second-order valence-corrected chi connectivity index (χ2v) is 6.71. The summed E-state index contributed by atoms with van der Waals surface area (Å²) in [6, 6.07) is 8.99. The highest BCUT2D eigenvalue weighted by Crippen LogP contribution is 2.25. The number of benzene rings is 2. The molecule has 136 valence electrons. The summed E-state index contributed by atoms with van der Waals surface area (Å²) in [5, 5.41) is 3.61. The molecule has 0 unspecified atom stereocenters. The first kappa shape index (κ1) is 20.0. The van der Waals surface area contributed by atoms with Crippen molar-refractivity contribution in [2.75, 3.05) is 11.9 Å². The van der Waals surface area contributed by atoms with Gasteiger partial charge in [0, 0.05) is 27.4 Å². The number of hydrogen-bond acceptors (Lipinski definition) is 3. The zero-order valence-corrected chi connectivity index (χ0v) is 16.2. The number of carbonyl (C=O) groups is 2. The fraction of sp³-hybridized carbons (Fsp3) is 0.200. The Kier molecular flexibility index (Phi) is 6.83. The number of halogens is 2. The van der Waals surface area contributed by atoms with Gasteiger partial charge in [-0.2, -0.15) is 0 Å². The van der Waals surface area contributed by atoms with E-state index in [4.69, 9.17) is 27.9 Å². The van der Waals surface area contributed by atoms with Gasteiger partial charge in [0.05, 0.1) is 0 Å². The monoisotopic (exact) mass is 391 g/mol. The Labute approximate surface area is 162 Å². The molecule has 0 spiro atoms. The molecule has 0 heterocycles. The predicted molar refractivity (Wildman–Crippen MR) is 106 cm³/mol. The summed E-state index contributed by atoms with van der Waals surface area (Å²) in [7, 11) is 0. The van der Waals surface area contributed by atoms with Crippen LogP contribution in [-0.4, -0.2) is 18.5 Å². The van der Waals surface area contributed by atoms with Crippen molar-refractivity contribution >= 4 is 46.8 Å². The van der Waals surface area contributed by atoms with E-state index in [1.54, 1.807) is 18.2 Å². The van der Waals surface area contributed by atoms with Gasteiger partial charge < -0.3 is 10.1 Å². The Morgan fingerprint density at radius 2 is 1.65 bits per heavy atom. The number of aryl methyl sites for hydroxylation is 3. The minimum atomic E-state index is -0.659. The number of esters is 1. The van der Waals surface area contributed by atoms with Crippen molar-refractivity contribution in [2.24, 2.45) is 0 Å². The highest BCUT2D eigenvalue weighted by atomic mass is 35.5. The molecule has 0 aliphatic carbocycles. The maximum Gasteiger partial charge on any atom is 0.331 e. The highest BCUT2D eigenvalue weighted by molar-refractivity contribution is 6.37. The Morgan fingerprint density at radius 3 is 2.23 bits per heavy atom. The van der Waals surface area contributed by atoms with E-state index >= 15 is 0 Å². The van der Waals surface area contributed by atoms with E-state index in [1.807, 2.05) is 32.9 Å². The quantitative estimate of drug-likeness (QED) is 0.568. The lowest BCUT2D eigenvalue weighted by molar-refractivity contribution is -0.142. The Balaban J connectivity index is 1.93. The van der Waals surface area contributed by atoms with Crippen LogP contribution in [0.1, 0.15) is 22.3 Å². The van der Waals surface area contributed by atoms with Crippen LogP contribution in [-0.2, 0) is 14.3 Å². The molecule has 0 aliphatic rings. The SMILES string of the molecule is Cc1cc(C)c(NC(=O)COC(=O)/C=C/c2c(Cl)cccc2Cl)c(C)c1. The molecular formula is C20H19Cl2NO3. The minimum absolute atomic E-state index is 0.383. The molecule has 0 bridgehead atoms. The molecule has 6 heteroatoms. The average Bonchev–Trinajstić information content (AvgIpc) is 2.55. The van der Waals surface area contributed by atoms with Gasteiger partial charge in [-0.15, -0.1) is 0 Å². The maximum absolute atomic E-state index is 12.0. The van der Waals surface area contributed by atoms with Gasteiger partial charge >= 0.3 is 5.97 Å². The van der Waals surface area contributed by atoms with Gasteiger partial charge in [-0.3, -0.25) is 4.79 Å². The molecule has 2 aromatic carbocycles. The first-order valence-electron chi connectivity index (χ1n) is 7.94. The molecular weight excluding hydrogens is 373 g/mol. The van der Waals surface area contributed by atoms with E-state index in [2.05, 4.69) is 5.32 Å². The number of anilines is 1. The molecule has 1 amide bonds. The number of rotatable bonds is 5. The molecule has 0 fully saturated rings. The van der Waals surface area contributed by atoms with Crippen LogP contribution < -0.4 is 5.32 Å². The van der Waals surface area contributed by atoms with E-state index in [-0.39, 0.29) is 6.61 Å². The third-order valence-electron chi connectivity index (χ3n) is 3.67. The van der Waals surface area contributed by atoms with E-state index in [0.29, 0.717) is 15.6 Å². The molecule has 26 heavy (non-hydrogen) atoms. The molecule has 0 atom stereocenters. The van der Waals surface area contributed by atoms with Crippen LogP contribution in [0.5, 0.6) is 0 Å². The van der Waals surface area contributed by atoms with Gasteiger partial charge in [0.2, 0.25) is 0 Å². The largest absolute Gasteiger partial charge is 0.452 e. The summed E-state index contributed by atoms with van der Waals surface area (Å²) in [5.41, 5.74) is 4.27. The van der Waals surface area contributed by atoms with Gasteiger partial charge in [0.15, 0.2) is 6.61 Å². The van der Waals surface area contributed by atoms with Crippen LogP contribution in [0.2, 0.25) is 10.0 Å². The van der Waals surface area contributed by atoms with E-state index in [0.717, 1.165) is 22.4 Å². The Bertz CT molecular complexity index is 832. The number of hydrogen-bond donors (Lipinski definition) is 1. The first-order valence-corrected chi connectivity index (χ1v) is 8.70. The first-order chi connectivity index (χ1) is 12.3. The summed E-state index contributed by atoms with van der Waals surface area (Å²) in [6.45, 7) is 5.44. The summed E-state index contributed by atoms with van der Waals surface area (Å²) in [4.78, 5) is 23.8. The number of nitrogens with one attached hydrogen (secondary N) is 1. The molecule has 0 saturated heterocycles. The lowest BCUT2D eigenvalue weighted by Crippen LogP contribution is -2.21. The molecule has 4 nitrogen and oxygen atoms in total. The summed E-state index contributed by atoms with van der Waals surface area (Å²) in [6.07, 6.45) is 2.64. The van der Waals surface area contributed by atoms with E-state index in [1.165, 1.54) is 12.2 Å². The highest BCUT2D eigenvalue weighted by Gasteiger charge is 2.10. The van der Waals surface area contributed by atoms with Crippen LogP contribution in [0.15, 0.2) is 36.4 Å². The lowest BCUT2D eigenvalue weighted by atomic mass is 10.1. The van der Waals surface area contributed by atoms with Crippen molar-refractivity contribution in [1.82, 2.24) is 0 Å². The molecule has 2 rings (SSSR count). The number of carbonyl (C=O) groups excluding carboxylic acids is 2. The average molecular weight is 392 g/mol. The fourth-order valence-electron chi connectivity index (χ4n) is 2.56. The van der Waals surface area contributed by atoms with Gasteiger partial charge in [-0.1, -0.05) is 47.0 Å². The normalized spacial score (nSPS) is 10.8. The second-order valence-electron chi connectivity index (χ2n) is 5.90. The number of amides is 1. The Hall–Kier alpha value is -2.30. The summed E-state index contributed by atoms with van der Waals surface area (Å²) in [5.74, 6) is -1.06. The molecule has 2 aromatic rings. The lowest BCUT2D eigenvalue weighted by Gasteiger charge is -2.12. The Morgan fingerprint density at radius 1 is 1.08 bits per heavy atom. The molecule has 0 aromatic heterocycles. The van der Waals surface area contributed by atoms with Gasteiger partial charge in [0.1, 0.15) is 0 Å². The van der Waals surface area contributed by atoms with Crippen LogP contribution in [0, 0.1) is 20.8 Å². The van der Waals surface area contributed by atoms with Crippen LogP contribution in [0.25, 0.3) is 6.08 Å². The van der Waals surface area contributed by atoms with Gasteiger partial charge in [-0.05, 0) is 50.1 Å². The third kappa shape index (κ3) is 5.35. The van der Waals surface area contributed by atoms with E-state index < -0.39 is 11.9 Å². The summed E-state index contributed by atoms with van der Waals surface area (Å²) < 4.78 is 4.96. The summed E-state index contributed by atoms with van der Waals surface area (Å²) >= 11 is 12.0. The van der Waals surface area contributed by atoms with Crippen LogP contribution in [0.4, 0.5) is 5.69 Å². The molecule has 0 radical (unpaired) electrons. The maximum atomic E-state index is 12.0. The minimum Gasteiger partial charge on any atom is -0.452 e. The van der Waals surface area contributed by atoms with E-state index in [9.17, 15) is 9.59 Å². The smallest absolute Gasteiger partial charge is 0.331 e. The fourth-order valence-corrected chi connectivity index (χ4v) is 3.08. The molecule has 0 aliphatic heterocycles. The van der Waals surface area contributed by atoms with Crippen molar-refractivity contribution in [2.45, 2.75) is 20.8 Å². The van der Waals surface area contributed by atoms with Gasteiger partial charge in [-0.25, -0.2) is 4.79 Å². The number of ether oxygens (including phenoxy) is 1. The zero-order valence-electron chi connectivity index (χ0n) is 14.7. The van der Waals surface area contributed by atoms with Crippen molar-refractivity contribution in [3.05, 3.63) is 68.7 Å². The predicted octanol–water partition coefficient (Wildman–Crippen LogP) is 5.11. The van der Waals surface area contributed by atoms with Crippen molar-refractivity contribution in [3.63, 3.8) is 0 Å². The zero-order chi connectivity index (χ0) is 19.3. The molecule has 1 N–H and O–H groups in total. The third-order valence-corrected chi connectivity index (χ3v) is 4.33. The van der Waals surface area contributed by atoms with Crippen molar-refractivity contribution < 1.29 is 14.3 Å². The van der Waals surface area contributed by atoms with Crippen LogP contribution in [0.3, 0.4) is 0 Å². The topological polar surface area (TPSA) is 55.4 Å². The molecule has 0 saturated carbocycles. The van der Waals surface area contributed by atoms with Crippen molar-refractivity contribution in [1.29, 1.82) is 0 Å². The van der Waals surface area contributed by atoms with Crippen molar-refractivity contribution in [3.8, 4) is 0 Å².